The van der Waals surface area contributed by atoms with Crippen LogP contribution >= 0.6 is 0 Å². The first-order chi connectivity index (χ1) is 12.0. The average molecular weight is 379 g/mol. The molecule has 0 radical (unpaired) electrons. The number of carbonyl (C=O) groups excluding carboxylic acids is 1. The van der Waals surface area contributed by atoms with E-state index in [0.717, 1.165) is 38.5 Å². The molecule has 4 bridgehead atoms. The summed E-state index contributed by atoms with van der Waals surface area (Å²) in [6.07, 6.45) is 5.44. The van der Waals surface area contributed by atoms with Gasteiger partial charge in [-0.25, -0.2) is 4.79 Å². The van der Waals surface area contributed by atoms with E-state index in [-0.39, 0.29) is 22.2 Å². The van der Waals surface area contributed by atoms with Crippen LogP contribution in [0.4, 0.5) is 0 Å². The second-order valence-electron chi connectivity index (χ2n) is 11.6. The van der Waals surface area contributed by atoms with Gasteiger partial charge in [0, 0.05) is 21.8 Å². The minimum Gasteiger partial charge on any atom is -0.456 e. The van der Waals surface area contributed by atoms with E-state index in [1.54, 1.807) is 6.92 Å². The van der Waals surface area contributed by atoms with Gasteiger partial charge < -0.3 is 14.9 Å². The Kier molecular flexibility index (Phi) is 4.32. The van der Waals surface area contributed by atoms with Gasteiger partial charge in [0.15, 0.2) is 0 Å². The maximum absolute atomic E-state index is 12.4. The van der Waals surface area contributed by atoms with E-state index in [1.807, 2.05) is 41.5 Å². The smallest absolute Gasteiger partial charge is 0.333 e. The number of aliphatic hydroxyl groups is 2. The Balaban J connectivity index is 2.11. The van der Waals surface area contributed by atoms with Crippen molar-refractivity contribution >= 4 is 5.97 Å². The zero-order chi connectivity index (χ0) is 20.7. The molecule has 154 valence electrons. The van der Waals surface area contributed by atoms with Crippen molar-refractivity contribution in [1.29, 1.82) is 0 Å². The molecule has 0 heterocycles. The molecular formula is C23H38O4. The summed E-state index contributed by atoms with van der Waals surface area (Å²) in [5, 5.41) is 22.4. The summed E-state index contributed by atoms with van der Waals surface area (Å²) in [6, 6.07) is 0. The minimum atomic E-state index is -0.845. The summed E-state index contributed by atoms with van der Waals surface area (Å²) in [4.78, 5) is 12.4. The normalized spacial score (nSPS) is 38.8. The highest BCUT2D eigenvalue weighted by molar-refractivity contribution is 5.87. The molecule has 4 aliphatic carbocycles. The molecule has 4 nitrogen and oxygen atoms in total. The van der Waals surface area contributed by atoms with Crippen LogP contribution in [0, 0.1) is 22.2 Å². The third-order valence-corrected chi connectivity index (χ3v) is 8.64. The maximum Gasteiger partial charge on any atom is 0.333 e. The van der Waals surface area contributed by atoms with Gasteiger partial charge in [-0.1, -0.05) is 6.58 Å². The molecule has 0 saturated heterocycles. The fraction of sp³-hybridized carbons (Fsp3) is 0.870. The standard InChI is InChI=1S/C23H38O4/c1-15(2)17(24)27-20(7,8)23-11-16-9-21(13-23,18(3,4)25)12-22(10-16,14-23)19(5,6)26/h16,25-26H,1,9-14H2,2-8H3. The maximum atomic E-state index is 12.4. The molecule has 0 aliphatic heterocycles. The van der Waals surface area contributed by atoms with E-state index in [1.165, 1.54) is 0 Å². The Bertz CT molecular complexity index is 631. The van der Waals surface area contributed by atoms with E-state index >= 15 is 0 Å². The molecule has 4 saturated carbocycles. The third kappa shape index (κ3) is 2.90. The summed E-state index contributed by atoms with van der Waals surface area (Å²) >= 11 is 0. The summed E-state index contributed by atoms with van der Waals surface area (Å²) < 4.78 is 6.00. The molecule has 0 spiro atoms. The van der Waals surface area contributed by atoms with Crippen molar-refractivity contribution in [3.05, 3.63) is 12.2 Å². The van der Waals surface area contributed by atoms with E-state index < -0.39 is 16.8 Å². The van der Waals surface area contributed by atoms with Crippen LogP contribution < -0.4 is 0 Å². The van der Waals surface area contributed by atoms with Gasteiger partial charge in [-0.05, 0) is 92.9 Å². The first kappa shape index (κ1) is 20.9. The second kappa shape index (κ2) is 5.60. The van der Waals surface area contributed by atoms with Crippen molar-refractivity contribution in [3.8, 4) is 0 Å². The molecule has 27 heavy (non-hydrogen) atoms. The van der Waals surface area contributed by atoms with Gasteiger partial charge in [-0.2, -0.15) is 0 Å². The molecule has 4 fully saturated rings. The molecule has 4 rings (SSSR count). The van der Waals surface area contributed by atoms with Gasteiger partial charge in [-0.15, -0.1) is 0 Å². The summed E-state index contributed by atoms with van der Waals surface area (Å²) in [5.41, 5.74) is -2.75. The van der Waals surface area contributed by atoms with Crippen molar-refractivity contribution in [1.82, 2.24) is 0 Å². The number of hydrogen-bond donors (Lipinski definition) is 2. The number of carbonyl (C=O) groups is 1. The first-order valence-electron chi connectivity index (χ1n) is 10.3. The van der Waals surface area contributed by atoms with Crippen LogP contribution in [-0.2, 0) is 9.53 Å². The van der Waals surface area contributed by atoms with Crippen LogP contribution in [0.5, 0.6) is 0 Å². The number of ether oxygens (including phenoxy) is 1. The van der Waals surface area contributed by atoms with Gasteiger partial charge in [0.25, 0.3) is 0 Å². The van der Waals surface area contributed by atoms with E-state index in [4.69, 9.17) is 4.74 Å². The van der Waals surface area contributed by atoms with Crippen molar-refractivity contribution < 1.29 is 19.7 Å². The molecule has 2 N–H and O–H groups in total. The Labute approximate surface area is 164 Å². The fourth-order valence-corrected chi connectivity index (χ4v) is 6.90. The molecule has 0 aromatic carbocycles. The number of hydrogen-bond acceptors (Lipinski definition) is 4. The molecule has 0 amide bonds. The second-order valence-corrected chi connectivity index (χ2v) is 11.6. The average Bonchev–Trinajstić information content (AvgIpc) is 2.42. The van der Waals surface area contributed by atoms with Gasteiger partial charge in [-0.3, -0.25) is 0 Å². The fourth-order valence-electron chi connectivity index (χ4n) is 6.90. The Hall–Kier alpha value is -0.870. The highest BCUT2D eigenvalue weighted by Gasteiger charge is 2.72. The molecule has 0 aromatic rings. The largest absolute Gasteiger partial charge is 0.456 e. The van der Waals surface area contributed by atoms with Crippen molar-refractivity contribution in [2.45, 2.75) is 104 Å². The van der Waals surface area contributed by atoms with Crippen molar-refractivity contribution in [3.63, 3.8) is 0 Å². The molecule has 0 aromatic heterocycles. The molecule has 2 unspecified atom stereocenters. The van der Waals surface area contributed by atoms with E-state index in [9.17, 15) is 15.0 Å². The van der Waals surface area contributed by atoms with Crippen molar-refractivity contribution in [2.24, 2.45) is 22.2 Å². The first-order valence-corrected chi connectivity index (χ1v) is 10.3. The SMILES string of the molecule is C=C(C)C(=O)OC(C)(C)C12CC3CC(C(C)(C)O)(CC(C(C)(C)O)(C3)C1)C2. The number of rotatable bonds is 5. The topological polar surface area (TPSA) is 66.8 Å². The quantitative estimate of drug-likeness (QED) is 0.550. The summed E-state index contributed by atoms with van der Waals surface area (Å²) in [6.45, 7) is 17.1. The minimum absolute atomic E-state index is 0.252. The van der Waals surface area contributed by atoms with Crippen LogP contribution in [0.1, 0.15) is 87.0 Å². The van der Waals surface area contributed by atoms with E-state index in [0.29, 0.717) is 11.5 Å². The van der Waals surface area contributed by atoms with Gasteiger partial charge >= 0.3 is 5.97 Å². The lowest BCUT2D eigenvalue weighted by molar-refractivity contribution is -0.294. The van der Waals surface area contributed by atoms with Crippen molar-refractivity contribution in [2.75, 3.05) is 0 Å². The van der Waals surface area contributed by atoms with Gasteiger partial charge in [0.05, 0.1) is 11.2 Å². The molecular weight excluding hydrogens is 340 g/mol. The Morgan fingerprint density at radius 3 is 1.63 bits per heavy atom. The zero-order valence-corrected chi connectivity index (χ0v) is 18.2. The highest BCUT2D eigenvalue weighted by atomic mass is 16.6. The predicted octanol–water partition coefficient (Wildman–Crippen LogP) is 4.38. The lowest BCUT2D eigenvalue weighted by Crippen LogP contribution is -2.71. The lowest BCUT2D eigenvalue weighted by atomic mass is 9.33. The molecule has 2 atom stereocenters. The van der Waals surface area contributed by atoms with Gasteiger partial charge in [0.1, 0.15) is 5.60 Å². The molecule has 4 aliphatic rings. The molecule has 4 heteroatoms. The highest BCUT2D eigenvalue weighted by Crippen LogP contribution is 2.76. The van der Waals surface area contributed by atoms with Gasteiger partial charge in [0.2, 0.25) is 0 Å². The summed E-state index contributed by atoms with van der Waals surface area (Å²) in [7, 11) is 0. The third-order valence-electron chi connectivity index (χ3n) is 8.64. The number of esters is 1. The summed E-state index contributed by atoms with van der Waals surface area (Å²) in [5.74, 6) is 0.0762. The van der Waals surface area contributed by atoms with Crippen LogP contribution in [0.3, 0.4) is 0 Å². The van der Waals surface area contributed by atoms with Crippen LogP contribution in [0.15, 0.2) is 12.2 Å². The lowest BCUT2D eigenvalue weighted by Gasteiger charge is -2.73. The van der Waals surface area contributed by atoms with Crippen LogP contribution in [-0.4, -0.2) is 33.0 Å². The predicted molar refractivity (Wildman–Crippen MR) is 106 cm³/mol. The van der Waals surface area contributed by atoms with Crippen LogP contribution in [0.25, 0.3) is 0 Å². The Morgan fingerprint density at radius 1 is 0.889 bits per heavy atom. The zero-order valence-electron chi connectivity index (χ0n) is 18.2. The monoisotopic (exact) mass is 378 g/mol. The van der Waals surface area contributed by atoms with E-state index in [2.05, 4.69) is 6.58 Å². The van der Waals surface area contributed by atoms with Crippen LogP contribution in [0.2, 0.25) is 0 Å². The Morgan fingerprint density at radius 2 is 1.26 bits per heavy atom.